The summed E-state index contributed by atoms with van der Waals surface area (Å²) in [5.41, 5.74) is 1.51. The average molecular weight is 440 g/mol. The van der Waals surface area contributed by atoms with Gasteiger partial charge in [0.25, 0.3) is 5.91 Å². The predicted octanol–water partition coefficient (Wildman–Crippen LogP) is 0.518. The van der Waals surface area contributed by atoms with Crippen LogP contribution in [0.1, 0.15) is 23.2 Å². The molecular formula is C21H24N6O5. The molecule has 0 radical (unpaired) electrons. The Kier molecular flexibility index (Phi) is 5.80. The van der Waals surface area contributed by atoms with Gasteiger partial charge >= 0.3 is 5.97 Å². The number of hydrogen-bond acceptors (Lipinski definition) is 8. The van der Waals surface area contributed by atoms with Gasteiger partial charge in [0.15, 0.2) is 17.1 Å². The highest BCUT2D eigenvalue weighted by atomic mass is 16.5. The molecular weight excluding hydrogens is 416 g/mol. The summed E-state index contributed by atoms with van der Waals surface area (Å²) in [5, 5.41) is 15.3. The zero-order valence-corrected chi connectivity index (χ0v) is 17.8. The lowest BCUT2D eigenvalue weighted by Gasteiger charge is -2.30. The highest BCUT2D eigenvalue weighted by Gasteiger charge is 2.35. The zero-order chi connectivity index (χ0) is 22.8. The molecule has 0 bridgehead atoms. The number of likely N-dealkylation sites (tertiary alicyclic amines) is 1. The second-order valence-corrected chi connectivity index (χ2v) is 7.74. The number of fused-ring (bicyclic) bond motifs is 1. The minimum absolute atomic E-state index is 0.286. The summed E-state index contributed by atoms with van der Waals surface area (Å²) in [6.45, 7) is 1.29. The van der Waals surface area contributed by atoms with Crippen molar-refractivity contribution in [1.82, 2.24) is 19.5 Å². The number of aliphatic carboxylic acids is 1. The first-order valence-corrected chi connectivity index (χ1v) is 10.2. The number of pyridine rings is 2. The quantitative estimate of drug-likeness (QED) is 0.528. The van der Waals surface area contributed by atoms with Crippen molar-refractivity contribution >= 4 is 29.8 Å². The van der Waals surface area contributed by atoms with E-state index in [1.807, 2.05) is 4.90 Å². The van der Waals surface area contributed by atoms with Crippen LogP contribution in [0.15, 0.2) is 35.7 Å². The Balaban J connectivity index is 1.67. The van der Waals surface area contributed by atoms with Gasteiger partial charge in [-0.25, -0.2) is 9.78 Å². The molecule has 11 nitrogen and oxygen atoms in total. The third-order valence-electron chi connectivity index (χ3n) is 5.38. The number of carboxylic acid groups (broad SMARTS) is 1. The SMILES string of the molecule is CN(C)/N=c1/cc(N2CCOc3cc(C(=O)N4CCCC4C(=O)O)cnc32)ccn1C=O. The van der Waals surface area contributed by atoms with E-state index in [0.29, 0.717) is 56.0 Å². The minimum atomic E-state index is -1.00. The van der Waals surface area contributed by atoms with E-state index >= 15 is 0 Å². The molecule has 11 heteroatoms. The maximum Gasteiger partial charge on any atom is 0.326 e. The van der Waals surface area contributed by atoms with Crippen molar-refractivity contribution in [1.29, 1.82) is 0 Å². The van der Waals surface area contributed by atoms with Gasteiger partial charge in [-0.2, -0.15) is 5.10 Å². The van der Waals surface area contributed by atoms with Crippen LogP contribution in [0.3, 0.4) is 0 Å². The van der Waals surface area contributed by atoms with E-state index < -0.39 is 12.0 Å². The van der Waals surface area contributed by atoms with Gasteiger partial charge in [-0.1, -0.05) is 0 Å². The molecule has 0 spiro atoms. The summed E-state index contributed by atoms with van der Waals surface area (Å²) < 4.78 is 7.13. The Hall–Kier alpha value is -3.89. The fourth-order valence-electron chi connectivity index (χ4n) is 3.93. The molecule has 2 aromatic heterocycles. The number of nitrogens with zero attached hydrogens (tertiary/aromatic N) is 6. The molecule has 2 aromatic rings. The van der Waals surface area contributed by atoms with E-state index in [-0.39, 0.29) is 11.5 Å². The number of carboxylic acids is 1. The molecule has 2 aliphatic heterocycles. The first-order chi connectivity index (χ1) is 15.4. The Morgan fingerprint density at radius 1 is 1.31 bits per heavy atom. The van der Waals surface area contributed by atoms with Crippen molar-refractivity contribution in [2.24, 2.45) is 5.10 Å². The van der Waals surface area contributed by atoms with Crippen LogP contribution in [-0.4, -0.2) is 82.7 Å². The zero-order valence-electron chi connectivity index (χ0n) is 17.8. The van der Waals surface area contributed by atoms with Crippen molar-refractivity contribution in [3.8, 4) is 5.75 Å². The summed E-state index contributed by atoms with van der Waals surface area (Å²) in [5.74, 6) is -0.403. The van der Waals surface area contributed by atoms with E-state index in [2.05, 4.69) is 10.1 Å². The summed E-state index contributed by atoms with van der Waals surface area (Å²) in [4.78, 5) is 43.5. The van der Waals surface area contributed by atoms with Gasteiger partial charge in [-0.3, -0.25) is 14.2 Å². The van der Waals surface area contributed by atoms with E-state index in [0.717, 1.165) is 5.69 Å². The lowest BCUT2D eigenvalue weighted by molar-refractivity contribution is -0.141. The second kappa shape index (κ2) is 8.69. The maximum atomic E-state index is 12.9. The number of carbonyl (C=O) groups excluding carboxylic acids is 2. The molecule has 168 valence electrons. The van der Waals surface area contributed by atoms with Crippen molar-refractivity contribution in [3.63, 3.8) is 0 Å². The summed E-state index contributed by atoms with van der Waals surface area (Å²) >= 11 is 0. The number of aromatic nitrogens is 2. The summed E-state index contributed by atoms with van der Waals surface area (Å²) in [6, 6.07) is 4.34. The number of rotatable bonds is 5. The van der Waals surface area contributed by atoms with Crippen LogP contribution in [-0.2, 0) is 9.59 Å². The number of hydrogen-bond donors (Lipinski definition) is 1. The monoisotopic (exact) mass is 440 g/mol. The Labute approximate surface area is 184 Å². The third-order valence-corrected chi connectivity index (χ3v) is 5.38. The molecule has 4 rings (SSSR count). The van der Waals surface area contributed by atoms with Crippen LogP contribution in [0.25, 0.3) is 0 Å². The van der Waals surface area contributed by atoms with Gasteiger partial charge < -0.3 is 24.7 Å². The lowest BCUT2D eigenvalue weighted by atomic mass is 10.2. The molecule has 1 unspecified atom stereocenters. The molecule has 0 saturated carbocycles. The third kappa shape index (κ3) is 4.01. The van der Waals surface area contributed by atoms with Crippen molar-refractivity contribution in [2.45, 2.75) is 18.9 Å². The van der Waals surface area contributed by atoms with Gasteiger partial charge in [0.1, 0.15) is 12.6 Å². The molecule has 1 N–H and O–H groups in total. The molecule has 0 aromatic carbocycles. The van der Waals surface area contributed by atoms with E-state index in [9.17, 15) is 19.5 Å². The van der Waals surface area contributed by atoms with Crippen molar-refractivity contribution in [2.75, 3.05) is 38.7 Å². The van der Waals surface area contributed by atoms with E-state index in [1.165, 1.54) is 15.7 Å². The molecule has 1 atom stereocenters. The fourth-order valence-corrected chi connectivity index (χ4v) is 3.93. The van der Waals surface area contributed by atoms with Gasteiger partial charge in [0.2, 0.25) is 6.41 Å². The fraction of sp³-hybridized carbons (Fsp3) is 0.381. The van der Waals surface area contributed by atoms with Crippen LogP contribution in [0, 0.1) is 0 Å². The lowest BCUT2D eigenvalue weighted by Crippen LogP contribution is -2.40. The molecule has 1 saturated heterocycles. The predicted molar refractivity (Wildman–Crippen MR) is 114 cm³/mol. The maximum absolute atomic E-state index is 12.9. The largest absolute Gasteiger partial charge is 0.488 e. The molecule has 2 aliphatic rings. The van der Waals surface area contributed by atoms with Gasteiger partial charge in [-0.05, 0) is 25.0 Å². The number of carbonyl (C=O) groups is 3. The average Bonchev–Trinajstić information content (AvgIpc) is 3.28. The standard InChI is InChI=1S/C21H24N6O5/c1-24(2)23-18-11-15(5-7-25(18)13-28)26-8-9-32-17-10-14(12-22-19(17)26)20(29)27-6-3-4-16(27)21(30)31/h5,7,10-13,16H,3-4,6,8-9H2,1-2H3,(H,30,31)/b23-18-. The van der Waals surface area contributed by atoms with Gasteiger partial charge in [0, 0.05) is 44.8 Å². The topological polar surface area (TPSA) is 121 Å². The number of anilines is 2. The minimum Gasteiger partial charge on any atom is -0.488 e. The normalized spacial score (nSPS) is 18.2. The Morgan fingerprint density at radius 2 is 2.12 bits per heavy atom. The van der Waals surface area contributed by atoms with Crippen molar-refractivity contribution in [3.05, 3.63) is 41.6 Å². The highest BCUT2D eigenvalue weighted by Crippen LogP contribution is 2.35. The van der Waals surface area contributed by atoms with Crippen molar-refractivity contribution < 1.29 is 24.2 Å². The highest BCUT2D eigenvalue weighted by molar-refractivity contribution is 5.97. The second-order valence-electron chi connectivity index (χ2n) is 7.74. The molecule has 1 fully saturated rings. The summed E-state index contributed by atoms with van der Waals surface area (Å²) in [6.07, 6.45) is 4.84. The van der Waals surface area contributed by atoms with E-state index in [1.54, 1.807) is 43.5 Å². The Bertz CT molecular complexity index is 1130. The van der Waals surface area contributed by atoms with Crippen LogP contribution in [0.2, 0.25) is 0 Å². The first kappa shape index (κ1) is 21.3. The van der Waals surface area contributed by atoms with Crippen LogP contribution >= 0.6 is 0 Å². The molecule has 4 heterocycles. The number of amides is 1. The first-order valence-electron chi connectivity index (χ1n) is 10.2. The Morgan fingerprint density at radius 3 is 2.84 bits per heavy atom. The van der Waals surface area contributed by atoms with Crippen LogP contribution in [0.4, 0.5) is 11.5 Å². The van der Waals surface area contributed by atoms with Gasteiger partial charge in [-0.15, -0.1) is 0 Å². The van der Waals surface area contributed by atoms with Crippen LogP contribution in [0.5, 0.6) is 5.75 Å². The van der Waals surface area contributed by atoms with Gasteiger partial charge in [0.05, 0.1) is 12.1 Å². The number of ether oxygens (including phenoxy) is 1. The molecule has 1 amide bonds. The smallest absolute Gasteiger partial charge is 0.326 e. The molecule has 32 heavy (non-hydrogen) atoms. The van der Waals surface area contributed by atoms with E-state index in [4.69, 9.17) is 4.74 Å². The summed E-state index contributed by atoms with van der Waals surface area (Å²) in [7, 11) is 3.53. The van der Waals surface area contributed by atoms with Crippen LogP contribution < -0.4 is 15.1 Å². The molecule has 0 aliphatic carbocycles.